The topological polar surface area (TPSA) is 79.4 Å². The minimum absolute atomic E-state index is 0.490. The number of aromatic nitrogens is 3. The predicted octanol–water partition coefficient (Wildman–Crippen LogP) is 5.13. The fraction of sp³-hybridized carbons (Fsp3) is 0.323. The molecule has 0 spiro atoms. The van der Waals surface area contributed by atoms with E-state index < -0.39 is 0 Å². The number of benzene rings is 2. The molecule has 8 nitrogen and oxygen atoms in total. The first-order valence-electron chi connectivity index (χ1n) is 13.7. The van der Waals surface area contributed by atoms with Crippen molar-refractivity contribution in [1.29, 1.82) is 5.26 Å². The number of allylic oxidation sites excluding steroid dienone is 4. The Balaban J connectivity index is 1.45. The Kier molecular flexibility index (Phi) is 7.96. The van der Waals surface area contributed by atoms with Crippen LogP contribution in [0.4, 0.5) is 5.95 Å². The number of nitriles is 1. The maximum atomic E-state index is 10.4. The number of hydrogen-bond acceptors (Lipinski definition) is 7. The molecule has 0 radical (unpaired) electrons. The zero-order chi connectivity index (χ0) is 27.3. The van der Waals surface area contributed by atoms with Crippen LogP contribution in [-0.2, 0) is 9.47 Å². The highest BCUT2D eigenvalue weighted by atomic mass is 35.5. The summed E-state index contributed by atoms with van der Waals surface area (Å²) in [5, 5.41) is 20.3. The third kappa shape index (κ3) is 5.54. The van der Waals surface area contributed by atoms with Crippen LogP contribution in [0.5, 0.6) is 0 Å². The van der Waals surface area contributed by atoms with Gasteiger partial charge in [-0.05, 0) is 66.0 Å². The lowest BCUT2D eigenvalue weighted by Crippen LogP contribution is -2.38. The van der Waals surface area contributed by atoms with Gasteiger partial charge in [-0.3, -0.25) is 4.57 Å². The molecule has 204 valence electrons. The zero-order valence-electron chi connectivity index (χ0n) is 22.3. The van der Waals surface area contributed by atoms with Crippen LogP contribution in [-0.4, -0.2) is 72.3 Å². The summed E-state index contributed by atoms with van der Waals surface area (Å²) >= 11 is 6.13. The number of morpholine rings is 2. The Bertz CT molecular complexity index is 1470. The van der Waals surface area contributed by atoms with E-state index >= 15 is 0 Å². The Labute approximate surface area is 239 Å². The summed E-state index contributed by atoms with van der Waals surface area (Å²) in [6, 6.07) is 20.4. The van der Waals surface area contributed by atoms with Crippen LogP contribution < -0.4 is 4.90 Å². The molecule has 2 aromatic carbocycles. The molecule has 3 heterocycles. The van der Waals surface area contributed by atoms with Gasteiger partial charge in [0.05, 0.1) is 37.7 Å². The molecule has 0 unspecified atom stereocenters. The molecule has 0 atom stereocenters. The van der Waals surface area contributed by atoms with E-state index in [1.54, 1.807) is 0 Å². The van der Waals surface area contributed by atoms with Gasteiger partial charge in [-0.25, -0.2) is 0 Å². The van der Waals surface area contributed by atoms with Gasteiger partial charge < -0.3 is 19.3 Å². The van der Waals surface area contributed by atoms with Crippen molar-refractivity contribution in [2.45, 2.75) is 12.8 Å². The Morgan fingerprint density at radius 3 is 2.20 bits per heavy atom. The van der Waals surface area contributed by atoms with Crippen LogP contribution in [0.15, 0.2) is 77.5 Å². The van der Waals surface area contributed by atoms with Crippen molar-refractivity contribution < 1.29 is 9.47 Å². The molecule has 1 aromatic heterocycles. The van der Waals surface area contributed by atoms with Crippen molar-refractivity contribution in [1.82, 2.24) is 19.7 Å². The van der Waals surface area contributed by atoms with Crippen molar-refractivity contribution in [3.63, 3.8) is 0 Å². The number of para-hydroxylation sites is 1. The van der Waals surface area contributed by atoms with E-state index in [4.69, 9.17) is 21.1 Å². The van der Waals surface area contributed by atoms with Crippen molar-refractivity contribution in [3.05, 3.63) is 93.9 Å². The average molecular weight is 555 g/mol. The number of hydrogen-bond donors (Lipinski definition) is 0. The van der Waals surface area contributed by atoms with Gasteiger partial charge in [0.2, 0.25) is 5.95 Å². The molecule has 0 bridgehead atoms. The molecular formula is C31H31ClN6O2. The van der Waals surface area contributed by atoms with E-state index in [9.17, 15) is 5.26 Å². The van der Waals surface area contributed by atoms with E-state index in [0.717, 1.165) is 66.8 Å². The van der Waals surface area contributed by atoms with Gasteiger partial charge in [0.1, 0.15) is 6.07 Å². The standard InChI is InChI=1S/C31H31ClN6O2/c32-27-10-6-23(7-11-27)20-24-8-9-25(29(24)36-12-16-39-17-13-36)21-26(22-33)30-34-35-31(37-14-18-40-19-15-37)38(30)28-4-2-1-3-5-28/h1-7,10-11,20-21H,8-9,12-19H2/b24-20+,26-21+. The Morgan fingerprint density at radius 1 is 0.850 bits per heavy atom. The molecule has 2 saturated heterocycles. The molecule has 0 amide bonds. The first-order valence-corrected chi connectivity index (χ1v) is 14.1. The first kappa shape index (κ1) is 26.3. The summed E-state index contributed by atoms with van der Waals surface area (Å²) in [6.07, 6.45) is 5.98. The molecule has 3 aliphatic rings. The van der Waals surface area contributed by atoms with Gasteiger partial charge in [0.25, 0.3) is 0 Å². The number of nitrogens with zero attached hydrogens (tertiary/aromatic N) is 6. The second-order valence-corrected chi connectivity index (χ2v) is 10.4. The molecule has 2 aliphatic heterocycles. The lowest BCUT2D eigenvalue weighted by molar-refractivity contribution is 0.0547. The fourth-order valence-corrected chi connectivity index (χ4v) is 5.63. The largest absolute Gasteiger partial charge is 0.378 e. The molecule has 0 saturated carbocycles. The van der Waals surface area contributed by atoms with Crippen molar-refractivity contribution >= 4 is 29.2 Å². The van der Waals surface area contributed by atoms with Crippen molar-refractivity contribution in [2.75, 3.05) is 57.5 Å². The number of rotatable bonds is 6. The molecule has 2 fully saturated rings. The minimum Gasteiger partial charge on any atom is -0.378 e. The van der Waals surface area contributed by atoms with Gasteiger partial charge in [-0.1, -0.05) is 41.9 Å². The second kappa shape index (κ2) is 12.1. The molecule has 0 N–H and O–H groups in total. The van der Waals surface area contributed by atoms with Gasteiger partial charge in [-0.2, -0.15) is 5.26 Å². The van der Waals surface area contributed by atoms with E-state index in [2.05, 4.69) is 32.1 Å². The summed E-state index contributed by atoms with van der Waals surface area (Å²) in [5.41, 5.74) is 6.09. The SMILES string of the molecule is N#C/C(=C\C1=C(N2CCOCC2)C(=C/c2ccc(Cl)cc2)/CC1)c1nnc(N2CCOCC2)n1-c1ccccc1. The van der Waals surface area contributed by atoms with E-state index in [0.29, 0.717) is 37.8 Å². The monoisotopic (exact) mass is 554 g/mol. The second-order valence-electron chi connectivity index (χ2n) is 9.96. The van der Waals surface area contributed by atoms with Crippen LogP contribution in [0.3, 0.4) is 0 Å². The lowest BCUT2D eigenvalue weighted by atomic mass is 10.1. The third-order valence-corrected chi connectivity index (χ3v) is 7.70. The molecule has 9 heteroatoms. The number of anilines is 1. The molecule has 3 aromatic rings. The van der Waals surface area contributed by atoms with Crippen LogP contribution in [0.2, 0.25) is 5.02 Å². The van der Waals surface area contributed by atoms with Crippen LogP contribution in [0.25, 0.3) is 17.3 Å². The van der Waals surface area contributed by atoms with E-state index in [1.807, 2.05) is 65.2 Å². The smallest absolute Gasteiger partial charge is 0.232 e. The maximum absolute atomic E-state index is 10.4. The predicted molar refractivity (Wildman–Crippen MR) is 156 cm³/mol. The van der Waals surface area contributed by atoms with Crippen LogP contribution >= 0.6 is 11.6 Å². The normalized spacial score (nSPS) is 19.4. The van der Waals surface area contributed by atoms with E-state index in [1.165, 1.54) is 11.3 Å². The number of ether oxygens (including phenoxy) is 2. The highest BCUT2D eigenvalue weighted by Crippen LogP contribution is 2.38. The Hall–Kier alpha value is -3.90. The fourth-order valence-electron chi connectivity index (χ4n) is 5.50. The quantitative estimate of drug-likeness (QED) is 0.391. The zero-order valence-corrected chi connectivity index (χ0v) is 23.1. The molecular weight excluding hydrogens is 524 g/mol. The van der Waals surface area contributed by atoms with Gasteiger partial charge in [0.15, 0.2) is 5.82 Å². The molecule has 6 rings (SSSR count). The minimum atomic E-state index is 0.490. The van der Waals surface area contributed by atoms with Crippen molar-refractivity contribution in [2.24, 2.45) is 0 Å². The highest BCUT2D eigenvalue weighted by Gasteiger charge is 2.28. The number of halogens is 1. The average Bonchev–Trinajstić information content (AvgIpc) is 3.63. The highest BCUT2D eigenvalue weighted by molar-refractivity contribution is 6.30. The third-order valence-electron chi connectivity index (χ3n) is 7.44. The van der Waals surface area contributed by atoms with Gasteiger partial charge >= 0.3 is 0 Å². The summed E-state index contributed by atoms with van der Waals surface area (Å²) in [6.45, 7) is 5.72. The summed E-state index contributed by atoms with van der Waals surface area (Å²) in [4.78, 5) is 4.56. The van der Waals surface area contributed by atoms with Crippen LogP contribution in [0.1, 0.15) is 24.2 Å². The maximum Gasteiger partial charge on any atom is 0.232 e. The molecule has 40 heavy (non-hydrogen) atoms. The lowest BCUT2D eigenvalue weighted by Gasteiger charge is -2.31. The summed E-state index contributed by atoms with van der Waals surface area (Å²) < 4.78 is 13.2. The summed E-state index contributed by atoms with van der Waals surface area (Å²) in [7, 11) is 0. The Morgan fingerprint density at radius 2 is 1.52 bits per heavy atom. The molecule has 1 aliphatic carbocycles. The summed E-state index contributed by atoms with van der Waals surface area (Å²) in [5.74, 6) is 1.27. The van der Waals surface area contributed by atoms with Gasteiger partial charge in [0, 0.05) is 36.9 Å². The van der Waals surface area contributed by atoms with Crippen molar-refractivity contribution in [3.8, 4) is 11.8 Å². The van der Waals surface area contributed by atoms with Crippen LogP contribution in [0, 0.1) is 11.3 Å². The van der Waals surface area contributed by atoms with E-state index in [-0.39, 0.29) is 0 Å². The van der Waals surface area contributed by atoms with Gasteiger partial charge in [-0.15, -0.1) is 10.2 Å². The first-order chi connectivity index (χ1) is 19.7.